The predicted molar refractivity (Wildman–Crippen MR) is 78.3 cm³/mol. The van der Waals surface area contributed by atoms with Crippen LogP contribution >= 0.6 is 0 Å². The molecule has 1 amide bonds. The summed E-state index contributed by atoms with van der Waals surface area (Å²) < 4.78 is 5.65. The second kappa shape index (κ2) is 6.72. The molecule has 1 aromatic carbocycles. The smallest absolute Gasteiger partial charge is 0.335 e. The van der Waals surface area contributed by atoms with Gasteiger partial charge in [-0.2, -0.15) is 0 Å². The number of carbonyl (C=O) groups is 2. The van der Waals surface area contributed by atoms with Crippen LogP contribution in [-0.4, -0.2) is 47.7 Å². The molecule has 2 rings (SSSR count). The third-order valence-corrected chi connectivity index (χ3v) is 3.72. The molecular weight excluding hydrogens is 270 g/mol. The Bertz CT molecular complexity index is 527. The summed E-state index contributed by atoms with van der Waals surface area (Å²) in [6.07, 6.45) is 0.305. The third-order valence-electron chi connectivity index (χ3n) is 3.72. The van der Waals surface area contributed by atoms with Gasteiger partial charge in [0.25, 0.3) is 0 Å². The number of carboxylic acids is 1. The molecule has 114 valence electrons. The van der Waals surface area contributed by atoms with E-state index in [-0.39, 0.29) is 24.0 Å². The van der Waals surface area contributed by atoms with Gasteiger partial charge < -0.3 is 14.7 Å². The van der Waals surface area contributed by atoms with Crippen LogP contribution in [-0.2, 0) is 16.0 Å². The molecule has 1 heterocycles. The minimum Gasteiger partial charge on any atom is -0.478 e. The fourth-order valence-corrected chi connectivity index (χ4v) is 2.41. The highest BCUT2D eigenvalue weighted by Crippen LogP contribution is 2.15. The summed E-state index contributed by atoms with van der Waals surface area (Å²) in [6, 6.07) is 6.54. The van der Waals surface area contributed by atoms with Crippen LogP contribution in [0.15, 0.2) is 24.3 Å². The zero-order valence-electron chi connectivity index (χ0n) is 12.4. The quantitative estimate of drug-likeness (QED) is 0.918. The van der Waals surface area contributed by atoms with E-state index in [1.54, 1.807) is 18.2 Å². The number of rotatable bonds is 4. The molecule has 5 heteroatoms. The number of benzene rings is 1. The number of nitrogens with zero attached hydrogens (tertiary/aromatic N) is 1. The molecule has 0 bridgehead atoms. The van der Waals surface area contributed by atoms with E-state index in [0.29, 0.717) is 25.6 Å². The van der Waals surface area contributed by atoms with Crippen molar-refractivity contribution in [2.75, 3.05) is 19.7 Å². The minimum absolute atomic E-state index is 0.0199. The van der Waals surface area contributed by atoms with Crippen molar-refractivity contribution in [3.63, 3.8) is 0 Å². The molecule has 1 N–H and O–H groups in total. The lowest BCUT2D eigenvalue weighted by Gasteiger charge is -2.35. The van der Waals surface area contributed by atoms with Crippen molar-refractivity contribution in [2.24, 2.45) is 5.92 Å². The maximum Gasteiger partial charge on any atom is 0.335 e. The van der Waals surface area contributed by atoms with Gasteiger partial charge in [0.05, 0.1) is 24.7 Å². The molecule has 21 heavy (non-hydrogen) atoms. The molecule has 5 nitrogen and oxygen atoms in total. The molecule has 0 radical (unpaired) electrons. The number of carbonyl (C=O) groups excluding carboxylic acids is 1. The van der Waals surface area contributed by atoms with Crippen molar-refractivity contribution in [1.29, 1.82) is 0 Å². The summed E-state index contributed by atoms with van der Waals surface area (Å²) in [5, 5.41) is 8.98. The van der Waals surface area contributed by atoms with Gasteiger partial charge in [-0.25, -0.2) is 4.79 Å². The molecule has 1 aliphatic rings. The van der Waals surface area contributed by atoms with Crippen LogP contribution in [0.5, 0.6) is 0 Å². The highest BCUT2D eigenvalue weighted by molar-refractivity contribution is 5.88. The van der Waals surface area contributed by atoms with Gasteiger partial charge >= 0.3 is 5.97 Å². The van der Waals surface area contributed by atoms with Gasteiger partial charge in [0, 0.05) is 13.1 Å². The molecule has 0 saturated carbocycles. The van der Waals surface area contributed by atoms with Crippen LogP contribution in [0, 0.1) is 5.92 Å². The van der Waals surface area contributed by atoms with E-state index in [9.17, 15) is 9.59 Å². The van der Waals surface area contributed by atoms with E-state index in [0.717, 1.165) is 5.56 Å². The van der Waals surface area contributed by atoms with Gasteiger partial charge in [0.1, 0.15) is 0 Å². The monoisotopic (exact) mass is 291 g/mol. The lowest BCUT2D eigenvalue weighted by atomic mass is 10.0. The van der Waals surface area contributed by atoms with Gasteiger partial charge in [0.15, 0.2) is 0 Å². The van der Waals surface area contributed by atoms with Crippen LogP contribution in [0.1, 0.15) is 29.8 Å². The zero-order valence-corrected chi connectivity index (χ0v) is 12.4. The normalized spacial score (nSPS) is 18.8. The molecular formula is C16H21NO4. The van der Waals surface area contributed by atoms with Gasteiger partial charge in [-0.3, -0.25) is 4.79 Å². The van der Waals surface area contributed by atoms with E-state index in [4.69, 9.17) is 9.84 Å². The van der Waals surface area contributed by atoms with Crippen molar-refractivity contribution >= 4 is 11.9 Å². The number of hydrogen-bond acceptors (Lipinski definition) is 3. The number of morpholine rings is 1. The Balaban J connectivity index is 2.01. The molecule has 0 spiro atoms. The predicted octanol–water partition coefficient (Wildman–Crippen LogP) is 1.81. The van der Waals surface area contributed by atoms with Crippen molar-refractivity contribution in [1.82, 2.24) is 4.90 Å². The average Bonchev–Trinajstić information content (AvgIpc) is 2.47. The third kappa shape index (κ3) is 4.04. The summed E-state index contributed by atoms with van der Waals surface area (Å²) in [7, 11) is 0. The van der Waals surface area contributed by atoms with Crippen molar-refractivity contribution in [3.8, 4) is 0 Å². The van der Waals surface area contributed by atoms with E-state index in [1.165, 1.54) is 6.07 Å². The first-order valence-corrected chi connectivity index (χ1v) is 7.19. The SMILES string of the molecule is CC(C)C1CN(C(=O)Cc2cccc(C(=O)O)c2)CCO1. The summed E-state index contributed by atoms with van der Waals surface area (Å²) in [5.74, 6) is -0.585. The lowest BCUT2D eigenvalue weighted by molar-refractivity contribution is -0.139. The van der Waals surface area contributed by atoms with E-state index < -0.39 is 5.97 Å². The second-order valence-electron chi connectivity index (χ2n) is 5.68. The summed E-state index contributed by atoms with van der Waals surface area (Å²) in [4.78, 5) is 25.1. The topological polar surface area (TPSA) is 66.8 Å². The van der Waals surface area contributed by atoms with Crippen LogP contribution in [0.4, 0.5) is 0 Å². The van der Waals surface area contributed by atoms with Gasteiger partial charge in [-0.05, 0) is 23.6 Å². The first-order chi connectivity index (χ1) is 9.97. The maximum atomic E-state index is 12.3. The molecule has 0 aliphatic carbocycles. The zero-order chi connectivity index (χ0) is 15.4. The first-order valence-electron chi connectivity index (χ1n) is 7.19. The molecule has 1 atom stereocenters. The van der Waals surface area contributed by atoms with Gasteiger partial charge in [-0.1, -0.05) is 26.0 Å². The van der Waals surface area contributed by atoms with E-state index >= 15 is 0 Å². The standard InChI is InChI=1S/C16H21NO4/c1-11(2)14-10-17(6-7-21-14)15(18)9-12-4-3-5-13(8-12)16(19)20/h3-5,8,11,14H,6-7,9-10H2,1-2H3,(H,19,20). The summed E-state index contributed by atoms with van der Waals surface area (Å²) in [6.45, 7) is 5.92. The summed E-state index contributed by atoms with van der Waals surface area (Å²) >= 11 is 0. The molecule has 0 aromatic heterocycles. The Morgan fingerprint density at radius 1 is 1.43 bits per heavy atom. The van der Waals surface area contributed by atoms with Gasteiger partial charge in [0.2, 0.25) is 5.91 Å². The fourth-order valence-electron chi connectivity index (χ4n) is 2.41. The Morgan fingerprint density at radius 2 is 2.19 bits per heavy atom. The Hall–Kier alpha value is -1.88. The highest BCUT2D eigenvalue weighted by atomic mass is 16.5. The summed E-state index contributed by atoms with van der Waals surface area (Å²) in [5.41, 5.74) is 0.940. The Labute approximate surface area is 124 Å². The molecule has 1 aliphatic heterocycles. The largest absolute Gasteiger partial charge is 0.478 e. The van der Waals surface area contributed by atoms with Crippen LogP contribution < -0.4 is 0 Å². The van der Waals surface area contributed by atoms with Crippen molar-refractivity contribution in [2.45, 2.75) is 26.4 Å². The fraction of sp³-hybridized carbons (Fsp3) is 0.500. The van der Waals surface area contributed by atoms with Crippen LogP contribution in [0.25, 0.3) is 0 Å². The Kier molecular flexibility index (Phi) is 4.96. The minimum atomic E-state index is -0.976. The van der Waals surface area contributed by atoms with Crippen molar-refractivity contribution < 1.29 is 19.4 Å². The van der Waals surface area contributed by atoms with Crippen LogP contribution in [0.3, 0.4) is 0 Å². The van der Waals surface area contributed by atoms with E-state index in [1.807, 2.05) is 4.90 Å². The number of amides is 1. The second-order valence-corrected chi connectivity index (χ2v) is 5.68. The van der Waals surface area contributed by atoms with E-state index in [2.05, 4.69) is 13.8 Å². The number of carboxylic acid groups (broad SMARTS) is 1. The molecule has 1 saturated heterocycles. The first kappa shape index (κ1) is 15.5. The van der Waals surface area contributed by atoms with Gasteiger partial charge in [-0.15, -0.1) is 0 Å². The number of ether oxygens (including phenoxy) is 1. The van der Waals surface area contributed by atoms with Crippen molar-refractivity contribution in [3.05, 3.63) is 35.4 Å². The average molecular weight is 291 g/mol. The molecule has 1 aromatic rings. The number of hydrogen-bond donors (Lipinski definition) is 1. The van der Waals surface area contributed by atoms with Crippen LogP contribution in [0.2, 0.25) is 0 Å². The molecule has 1 unspecified atom stereocenters. The molecule has 1 fully saturated rings. The lowest BCUT2D eigenvalue weighted by Crippen LogP contribution is -2.47. The number of aromatic carboxylic acids is 1. The Morgan fingerprint density at radius 3 is 2.86 bits per heavy atom. The highest BCUT2D eigenvalue weighted by Gasteiger charge is 2.26. The maximum absolute atomic E-state index is 12.3.